The molecule has 408 valence electrons. The number of carbonyl (C=O) groups excluding carboxylic acids is 5. The minimum atomic E-state index is -3.10. The number of fused-ring (bicyclic) bond motifs is 1. The number of methoxy groups -OCH3 is 1. The molecule has 0 radical (unpaired) electrons. The van der Waals surface area contributed by atoms with Gasteiger partial charge in [-0.05, 0) is 87.6 Å². The molecular weight excluding hydrogens is 1070 g/mol. The van der Waals surface area contributed by atoms with Gasteiger partial charge in [0.2, 0.25) is 5.91 Å². The topological polar surface area (TPSA) is 233 Å². The molecule has 0 fully saturated rings. The number of carbonyl (C=O) groups is 6. The average Bonchev–Trinajstić information content (AvgIpc) is 3.63. The van der Waals surface area contributed by atoms with Gasteiger partial charge in [0, 0.05) is 37.1 Å². The van der Waals surface area contributed by atoms with Crippen molar-refractivity contribution in [2.24, 2.45) is 5.73 Å². The SMILES string of the molecule is CC1COc2ccccc2N1C(=O)C(Cl)Cl.CCCCCOC(=O)COc1cc(N2C(=O)C3=C(CCCC3)C2=O)c(F)cc1Cl.CCc1cccc(CC)c1N(COC)C(=O)CCl.CP(=O)(O)CCC(N)C(=O)O. The first-order chi connectivity index (χ1) is 35.1. The Morgan fingerprint density at radius 2 is 1.57 bits per heavy atom. The van der Waals surface area contributed by atoms with Crippen molar-refractivity contribution in [1.29, 1.82) is 0 Å². The van der Waals surface area contributed by atoms with Crippen molar-refractivity contribution in [3.63, 3.8) is 0 Å². The van der Waals surface area contributed by atoms with E-state index in [0.29, 0.717) is 43.0 Å². The molecule has 4 N–H and O–H groups in total. The predicted octanol–water partition coefficient (Wildman–Crippen LogP) is 9.62. The van der Waals surface area contributed by atoms with Gasteiger partial charge in [-0.25, -0.2) is 14.1 Å². The average molecular weight is 1130 g/mol. The number of hydrogen-bond donors (Lipinski definition) is 3. The van der Waals surface area contributed by atoms with E-state index in [1.165, 1.54) is 12.7 Å². The Hall–Kier alpha value is -4.78. The van der Waals surface area contributed by atoms with Crippen LogP contribution < -0.4 is 29.9 Å². The predicted molar refractivity (Wildman–Crippen MR) is 286 cm³/mol. The van der Waals surface area contributed by atoms with Gasteiger partial charge in [-0.15, -0.1) is 11.6 Å². The van der Waals surface area contributed by atoms with Crippen LogP contribution in [-0.2, 0) is 55.6 Å². The molecule has 3 aromatic rings. The summed E-state index contributed by atoms with van der Waals surface area (Å²) in [6.07, 6.45) is 7.15. The summed E-state index contributed by atoms with van der Waals surface area (Å²) in [5.41, 5.74) is 9.73. The Morgan fingerprint density at radius 1 is 0.959 bits per heavy atom. The Balaban J connectivity index is 0.000000278. The van der Waals surface area contributed by atoms with Crippen LogP contribution in [0.3, 0.4) is 0 Å². The van der Waals surface area contributed by atoms with E-state index in [1.807, 2.05) is 56.3 Å². The first kappa shape index (κ1) is 63.5. The highest BCUT2D eigenvalue weighted by Gasteiger charge is 2.41. The first-order valence-electron chi connectivity index (χ1n) is 24.0. The van der Waals surface area contributed by atoms with Gasteiger partial charge in [0.05, 0.1) is 34.7 Å². The molecule has 0 bridgehead atoms. The van der Waals surface area contributed by atoms with Gasteiger partial charge in [0.1, 0.15) is 42.6 Å². The van der Waals surface area contributed by atoms with Crippen molar-refractivity contribution >= 4 is 106 Å². The molecule has 2 aliphatic heterocycles. The van der Waals surface area contributed by atoms with Gasteiger partial charge >= 0.3 is 11.9 Å². The Kier molecular flexibility index (Phi) is 26.9. The summed E-state index contributed by atoms with van der Waals surface area (Å²) in [7, 11) is -1.52. The lowest BCUT2D eigenvalue weighted by Crippen LogP contribution is -2.47. The molecule has 3 aromatic carbocycles. The molecule has 74 heavy (non-hydrogen) atoms. The third-order valence-electron chi connectivity index (χ3n) is 11.5. The molecule has 0 saturated heterocycles. The lowest BCUT2D eigenvalue weighted by atomic mass is 9.93. The zero-order chi connectivity index (χ0) is 55.3. The molecule has 3 aliphatic rings. The second-order valence-corrected chi connectivity index (χ2v) is 21.5. The number of para-hydroxylation sites is 3. The number of benzene rings is 3. The molecule has 4 amide bonds. The maximum Gasteiger partial charge on any atom is 0.344 e. The maximum absolute atomic E-state index is 14.5. The van der Waals surface area contributed by atoms with Gasteiger partial charge in [-0.2, -0.15) is 0 Å². The van der Waals surface area contributed by atoms with Crippen molar-refractivity contribution in [2.75, 3.05) is 67.1 Å². The molecule has 3 unspecified atom stereocenters. The summed E-state index contributed by atoms with van der Waals surface area (Å²) in [5, 5.41) is 8.21. The molecule has 23 heteroatoms. The number of amides is 4. The van der Waals surface area contributed by atoms with Crippen LogP contribution in [0.4, 0.5) is 21.5 Å². The van der Waals surface area contributed by atoms with Crippen LogP contribution in [0.15, 0.2) is 65.7 Å². The standard InChI is InChI=1S/C21H23ClFNO5.C14H20ClNO2.C11H11Cl2NO2.C5H12NO4P/c1-2-3-6-9-28-19(25)12-29-18-11-17(16(23)10-15(18)22)24-20(26)13-7-4-5-8-14(13)21(24)27;1-4-11-7-6-8-12(5-2)14(11)16(10-18-3)13(17)9-15;1-7-6-16-9-5-3-2-4-8(9)14(7)11(15)10(12)13;1-11(9,10)3-2-4(6)5(7)8/h10-11H,2-9,12H2,1H3;6-8H,4-5,9-10H2,1-3H3;2-5,7,10H,6H2,1H3;4H,2-3,6H2,1H3,(H,7,8)(H,9,10). The number of aryl methyl sites for hydroxylation is 2. The first-order valence-corrected chi connectivity index (χ1v) is 28.1. The fourth-order valence-electron chi connectivity index (χ4n) is 7.74. The van der Waals surface area contributed by atoms with Gasteiger partial charge in [0.15, 0.2) is 18.8 Å². The van der Waals surface area contributed by atoms with Crippen LogP contribution in [0, 0.1) is 5.82 Å². The highest BCUT2D eigenvalue weighted by atomic mass is 35.5. The number of rotatable bonds is 19. The highest BCUT2D eigenvalue weighted by Crippen LogP contribution is 2.40. The van der Waals surface area contributed by atoms with Crippen molar-refractivity contribution in [1.82, 2.24) is 0 Å². The number of imide groups is 1. The van der Waals surface area contributed by atoms with Crippen molar-refractivity contribution < 1.29 is 66.7 Å². The minimum absolute atomic E-state index is 0.000883. The number of aliphatic carboxylic acids is 1. The number of unbranched alkanes of at least 4 members (excludes halogenated alkanes) is 2. The van der Waals surface area contributed by atoms with Crippen molar-refractivity contribution in [3.8, 4) is 11.5 Å². The highest BCUT2D eigenvalue weighted by molar-refractivity contribution is 7.57. The van der Waals surface area contributed by atoms with E-state index < -0.39 is 54.4 Å². The number of carboxylic acid groups (broad SMARTS) is 1. The lowest BCUT2D eigenvalue weighted by molar-refractivity contribution is -0.146. The molecular formula is C51H66Cl4FN4O13P. The number of carboxylic acids is 1. The van der Waals surface area contributed by atoms with E-state index in [0.717, 1.165) is 78.4 Å². The molecule has 0 spiro atoms. The van der Waals surface area contributed by atoms with Crippen LogP contribution in [0.2, 0.25) is 5.02 Å². The second-order valence-electron chi connectivity index (χ2n) is 17.2. The Bertz CT molecular complexity index is 2460. The summed E-state index contributed by atoms with van der Waals surface area (Å²) >= 11 is 22.9. The van der Waals surface area contributed by atoms with Gasteiger partial charge in [-0.1, -0.05) is 98.7 Å². The van der Waals surface area contributed by atoms with Crippen LogP contribution in [0.25, 0.3) is 0 Å². The maximum atomic E-state index is 14.5. The number of halogens is 5. The van der Waals surface area contributed by atoms with E-state index >= 15 is 0 Å². The van der Waals surface area contributed by atoms with Gasteiger partial charge in [0.25, 0.3) is 17.7 Å². The second kappa shape index (κ2) is 31.3. The van der Waals surface area contributed by atoms with Gasteiger partial charge in [-0.3, -0.25) is 33.4 Å². The molecule has 3 atom stereocenters. The van der Waals surface area contributed by atoms with E-state index in [-0.39, 0.29) is 59.5 Å². The molecule has 2 heterocycles. The zero-order valence-electron chi connectivity index (χ0n) is 42.4. The van der Waals surface area contributed by atoms with Crippen molar-refractivity contribution in [3.05, 3.63) is 87.7 Å². The summed E-state index contributed by atoms with van der Waals surface area (Å²) in [6, 6.07) is 14.5. The number of ether oxygens (including phenoxy) is 4. The fourth-order valence-corrected chi connectivity index (χ4v) is 9.06. The van der Waals surface area contributed by atoms with Crippen LogP contribution >= 0.6 is 53.8 Å². The number of anilines is 3. The normalized spacial score (nSPS) is 15.9. The summed E-state index contributed by atoms with van der Waals surface area (Å²) in [6.45, 7) is 9.84. The van der Waals surface area contributed by atoms with Crippen LogP contribution in [-0.4, -0.2) is 115 Å². The third kappa shape index (κ3) is 18.5. The van der Waals surface area contributed by atoms with E-state index in [2.05, 4.69) is 13.8 Å². The van der Waals surface area contributed by atoms with E-state index in [4.69, 9.17) is 81.1 Å². The fraction of sp³-hybridized carbons (Fsp3) is 0.490. The van der Waals surface area contributed by atoms with Crippen LogP contribution in [0.1, 0.15) is 90.2 Å². The number of nitrogens with two attached hydrogens (primary N) is 1. The molecule has 6 rings (SSSR count). The Morgan fingerprint density at radius 3 is 2.09 bits per heavy atom. The number of hydrogen-bond acceptors (Lipinski definition) is 12. The molecule has 1 aliphatic carbocycles. The van der Waals surface area contributed by atoms with E-state index in [1.54, 1.807) is 16.9 Å². The largest absolute Gasteiger partial charge is 0.489 e. The van der Waals surface area contributed by atoms with Gasteiger partial charge < -0.3 is 39.6 Å². The van der Waals surface area contributed by atoms with E-state index in [9.17, 15) is 37.7 Å². The minimum Gasteiger partial charge on any atom is -0.489 e. The summed E-state index contributed by atoms with van der Waals surface area (Å²) in [4.78, 5) is 82.8. The number of alkyl halides is 3. The summed E-state index contributed by atoms with van der Waals surface area (Å²) < 4.78 is 46.3. The quantitative estimate of drug-likeness (QED) is 0.0253. The molecule has 0 saturated carbocycles. The van der Waals surface area contributed by atoms with Crippen molar-refractivity contribution in [2.45, 2.75) is 109 Å². The summed E-state index contributed by atoms with van der Waals surface area (Å²) in [5.74, 6) is -3.34. The lowest BCUT2D eigenvalue weighted by Gasteiger charge is -2.35. The zero-order valence-corrected chi connectivity index (χ0v) is 46.3. The monoisotopic (exact) mass is 1130 g/mol. The third-order valence-corrected chi connectivity index (χ3v) is 13.5. The number of esters is 1. The molecule has 17 nitrogen and oxygen atoms in total. The smallest absolute Gasteiger partial charge is 0.344 e. The van der Waals surface area contributed by atoms with Crippen LogP contribution in [0.5, 0.6) is 11.5 Å². The molecule has 0 aromatic heterocycles. The number of nitrogens with zero attached hydrogens (tertiary/aromatic N) is 3. The Labute approximate surface area is 451 Å².